The third-order valence-electron chi connectivity index (χ3n) is 6.46. The van der Waals surface area contributed by atoms with Gasteiger partial charge in [-0.05, 0) is 76.3 Å². The predicted molar refractivity (Wildman–Crippen MR) is 128 cm³/mol. The first-order valence-electron chi connectivity index (χ1n) is 11.3. The number of aliphatic hydroxyl groups excluding tert-OH is 1. The van der Waals surface area contributed by atoms with Crippen LogP contribution in [0.4, 0.5) is 5.82 Å². The summed E-state index contributed by atoms with van der Waals surface area (Å²) in [7, 11) is 0. The Bertz CT molecular complexity index is 1010. The number of fused-ring (bicyclic) bond motifs is 1. The Hall–Kier alpha value is -2.57. The molecule has 1 saturated heterocycles. The zero-order valence-corrected chi connectivity index (χ0v) is 18.5. The lowest BCUT2D eigenvalue weighted by Gasteiger charge is -2.36. The SMILES string of the molecule is CC(=N)C=CC(=N)c1cc2cc(C)ccc2nc1N1CCC(NC2CCC[C@@H]2O)CC1. The molecule has 2 heterocycles. The second kappa shape index (κ2) is 9.28. The highest BCUT2D eigenvalue weighted by Gasteiger charge is 2.29. The smallest absolute Gasteiger partial charge is 0.138 e. The quantitative estimate of drug-likeness (QED) is 0.533. The van der Waals surface area contributed by atoms with Gasteiger partial charge in [0, 0.05) is 41.8 Å². The fourth-order valence-corrected chi connectivity index (χ4v) is 4.72. The molecule has 1 aromatic carbocycles. The lowest BCUT2D eigenvalue weighted by Crippen LogP contribution is -2.48. The van der Waals surface area contributed by atoms with Crippen molar-refractivity contribution >= 4 is 28.1 Å². The summed E-state index contributed by atoms with van der Waals surface area (Å²) in [6.45, 7) is 5.53. The standard InChI is InChI=1S/C25H33N5O/c1-16-6-9-22-18(14-16)15-20(21(27)8-7-17(2)26)25(29-22)30-12-10-19(11-13-30)28-23-4-3-5-24(23)31/h6-9,14-15,19,23-24,26-28,31H,3-5,10-13H2,1-2H3/t23?,24-/m0/s1. The van der Waals surface area contributed by atoms with Gasteiger partial charge < -0.3 is 26.1 Å². The van der Waals surface area contributed by atoms with Crippen LogP contribution in [0.5, 0.6) is 0 Å². The minimum Gasteiger partial charge on any atom is -0.392 e. The summed E-state index contributed by atoms with van der Waals surface area (Å²) in [5, 5.41) is 31.1. The molecule has 2 fully saturated rings. The highest BCUT2D eigenvalue weighted by molar-refractivity contribution is 6.13. The zero-order valence-electron chi connectivity index (χ0n) is 18.5. The lowest BCUT2D eigenvalue weighted by atomic mass is 10.0. The van der Waals surface area contributed by atoms with Crippen LogP contribution in [0.25, 0.3) is 10.9 Å². The Morgan fingerprint density at radius 2 is 1.90 bits per heavy atom. The number of anilines is 1. The van der Waals surface area contributed by atoms with Gasteiger partial charge in [0.05, 0.1) is 17.3 Å². The van der Waals surface area contributed by atoms with Crippen LogP contribution in [0.15, 0.2) is 36.4 Å². The van der Waals surface area contributed by atoms with Gasteiger partial charge in [-0.3, -0.25) is 0 Å². The van der Waals surface area contributed by atoms with E-state index in [1.54, 1.807) is 19.1 Å². The topological polar surface area (TPSA) is 96.1 Å². The van der Waals surface area contributed by atoms with Crippen LogP contribution in [0.1, 0.15) is 50.2 Å². The molecule has 1 aliphatic heterocycles. The van der Waals surface area contributed by atoms with Gasteiger partial charge in [-0.2, -0.15) is 0 Å². The van der Waals surface area contributed by atoms with Gasteiger partial charge >= 0.3 is 0 Å². The van der Waals surface area contributed by atoms with Crippen LogP contribution in [-0.4, -0.2) is 52.8 Å². The molecule has 1 saturated carbocycles. The Labute approximate surface area is 184 Å². The number of nitrogens with one attached hydrogen (secondary N) is 3. The summed E-state index contributed by atoms with van der Waals surface area (Å²) >= 11 is 0. The molecule has 4 N–H and O–H groups in total. The van der Waals surface area contributed by atoms with E-state index < -0.39 is 0 Å². The fraction of sp³-hybridized carbons (Fsp3) is 0.480. The van der Waals surface area contributed by atoms with Crippen molar-refractivity contribution in [3.05, 3.63) is 47.5 Å². The van der Waals surface area contributed by atoms with Crippen LogP contribution in [0.3, 0.4) is 0 Å². The minimum absolute atomic E-state index is 0.209. The average Bonchev–Trinajstić information content (AvgIpc) is 3.16. The van der Waals surface area contributed by atoms with Crippen LogP contribution in [0.2, 0.25) is 0 Å². The molecule has 0 bridgehead atoms. The third kappa shape index (κ3) is 5.02. The Kier molecular flexibility index (Phi) is 6.49. The second-order valence-corrected chi connectivity index (χ2v) is 9.02. The Morgan fingerprint density at radius 3 is 2.58 bits per heavy atom. The molecule has 0 radical (unpaired) electrons. The van der Waals surface area contributed by atoms with Crippen molar-refractivity contribution in [2.24, 2.45) is 0 Å². The van der Waals surface area contributed by atoms with Crippen molar-refractivity contribution in [1.82, 2.24) is 10.3 Å². The molecule has 0 amide bonds. The van der Waals surface area contributed by atoms with Crippen molar-refractivity contribution in [2.75, 3.05) is 18.0 Å². The number of piperidine rings is 1. The van der Waals surface area contributed by atoms with Crippen LogP contribution in [-0.2, 0) is 0 Å². The van der Waals surface area contributed by atoms with Crippen LogP contribution >= 0.6 is 0 Å². The molecule has 4 rings (SSSR count). The van der Waals surface area contributed by atoms with Crippen molar-refractivity contribution in [3.8, 4) is 0 Å². The summed E-state index contributed by atoms with van der Waals surface area (Å²) in [5.74, 6) is 0.855. The number of pyridine rings is 1. The van der Waals surface area contributed by atoms with Crippen molar-refractivity contribution in [2.45, 2.75) is 64.1 Å². The monoisotopic (exact) mass is 419 g/mol. The van der Waals surface area contributed by atoms with Gasteiger partial charge in [-0.1, -0.05) is 11.6 Å². The van der Waals surface area contributed by atoms with E-state index in [2.05, 4.69) is 41.4 Å². The summed E-state index contributed by atoms with van der Waals surface area (Å²) in [4.78, 5) is 7.25. The molecule has 2 aliphatic rings. The predicted octanol–water partition coefficient (Wildman–Crippen LogP) is 3.98. The first kappa shape index (κ1) is 21.7. The van der Waals surface area contributed by atoms with Gasteiger partial charge in [0.25, 0.3) is 0 Å². The van der Waals surface area contributed by atoms with Gasteiger partial charge in [-0.25, -0.2) is 4.98 Å². The highest BCUT2D eigenvalue weighted by Crippen LogP contribution is 2.28. The molecule has 6 heteroatoms. The molecule has 31 heavy (non-hydrogen) atoms. The summed E-state index contributed by atoms with van der Waals surface area (Å²) in [6.07, 6.45) is 8.22. The number of allylic oxidation sites excluding steroid dienone is 2. The summed E-state index contributed by atoms with van der Waals surface area (Å²) in [5.41, 5.74) is 3.74. The minimum atomic E-state index is -0.209. The lowest BCUT2D eigenvalue weighted by molar-refractivity contribution is 0.140. The van der Waals surface area contributed by atoms with Crippen molar-refractivity contribution < 1.29 is 5.11 Å². The number of benzene rings is 1. The average molecular weight is 420 g/mol. The van der Waals surface area contributed by atoms with E-state index >= 15 is 0 Å². The molecule has 1 aliphatic carbocycles. The van der Waals surface area contributed by atoms with Gasteiger partial charge in [0.2, 0.25) is 0 Å². The molecule has 1 unspecified atom stereocenters. The van der Waals surface area contributed by atoms with Gasteiger partial charge in [-0.15, -0.1) is 0 Å². The molecule has 6 nitrogen and oxygen atoms in total. The molecule has 164 valence electrons. The van der Waals surface area contributed by atoms with E-state index in [-0.39, 0.29) is 12.1 Å². The molecular formula is C25H33N5O. The van der Waals surface area contributed by atoms with E-state index in [1.165, 1.54) is 5.56 Å². The number of nitrogens with zero attached hydrogens (tertiary/aromatic N) is 2. The molecular weight excluding hydrogens is 386 g/mol. The first-order valence-corrected chi connectivity index (χ1v) is 11.3. The molecule has 2 atom stereocenters. The maximum Gasteiger partial charge on any atom is 0.138 e. The van der Waals surface area contributed by atoms with Crippen LogP contribution < -0.4 is 10.2 Å². The first-order chi connectivity index (χ1) is 14.9. The van der Waals surface area contributed by atoms with E-state index in [0.717, 1.165) is 67.5 Å². The summed E-state index contributed by atoms with van der Waals surface area (Å²) < 4.78 is 0. The molecule has 2 aromatic rings. The van der Waals surface area contributed by atoms with Crippen LogP contribution in [0, 0.1) is 17.7 Å². The number of hydrogen-bond donors (Lipinski definition) is 4. The normalized spacial score (nSPS) is 22.5. The fourth-order valence-electron chi connectivity index (χ4n) is 4.72. The van der Waals surface area contributed by atoms with Gasteiger partial charge in [0.15, 0.2) is 0 Å². The zero-order chi connectivity index (χ0) is 22.0. The largest absolute Gasteiger partial charge is 0.392 e. The third-order valence-corrected chi connectivity index (χ3v) is 6.46. The molecule has 0 spiro atoms. The number of rotatable bonds is 6. The van der Waals surface area contributed by atoms with Crippen molar-refractivity contribution in [3.63, 3.8) is 0 Å². The Morgan fingerprint density at radius 1 is 1.13 bits per heavy atom. The number of hydrogen-bond acceptors (Lipinski definition) is 6. The number of aryl methyl sites for hydroxylation is 1. The van der Waals surface area contributed by atoms with E-state index in [4.69, 9.17) is 15.8 Å². The van der Waals surface area contributed by atoms with Gasteiger partial charge in [0.1, 0.15) is 5.82 Å². The Balaban J connectivity index is 1.57. The summed E-state index contributed by atoms with van der Waals surface area (Å²) in [6, 6.07) is 8.95. The maximum absolute atomic E-state index is 10.1. The molecule has 1 aromatic heterocycles. The van der Waals surface area contributed by atoms with E-state index in [1.807, 2.05) is 0 Å². The van der Waals surface area contributed by atoms with E-state index in [0.29, 0.717) is 17.5 Å². The van der Waals surface area contributed by atoms with E-state index in [9.17, 15) is 5.11 Å². The number of aliphatic hydroxyl groups is 1. The highest BCUT2D eigenvalue weighted by atomic mass is 16.3. The number of aromatic nitrogens is 1. The second-order valence-electron chi connectivity index (χ2n) is 9.02. The maximum atomic E-state index is 10.1. The van der Waals surface area contributed by atoms with Crippen molar-refractivity contribution in [1.29, 1.82) is 10.8 Å².